The number of nitrogens with one attached hydrogen (secondary N) is 2. The van der Waals surface area contributed by atoms with Gasteiger partial charge in [-0.2, -0.15) is 5.10 Å². The molecule has 3 fully saturated rings. The standard InChI is InChI=1S/C29H35F4N7O4/c1-2-43-15-21(36-23(41)9-16-11-29(32,33)12-16)19-10-22-35-20(14-40(22)34-13-19)24(18-5-7-28(30,31)8-6-18)37-27(42)26-25(17-3-4-17)38-44-39-26/h10,13-14,16-18,21,24H,2-9,11-12,15H2,1H3,(H,36,41)(H,37,42)/t21?,24-/m0/s1. The highest BCUT2D eigenvalue weighted by Gasteiger charge is 2.46. The van der Waals surface area contributed by atoms with Crippen LogP contribution in [0.15, 0.2) is 23.1 Å². The summed E-state index contributed by atoms with van der Waals surface area (Å²) in [6, 6.07) is 0.419. The molecule has 6 rings (SSSR count). The summed E-state index contributed by atoms with van der Waals surface area (Å²) in [4.78, 5) is 30.8. The van der Waals surface area contributed by atoms with E-state index in [4.69, 9.17) is 14.3 Å². The number of alkyl halides is 4. The molecule has 0 aromatic carbocycles. The molecule has 0 spiro atoms. The number of fused-ring (bicyclic) bond motifs is 1. The van der Waals surface area contributed by atoms with Crippen LogP contribution in [0.4, 0.5) is 17.6 Å². The first kappa shape index (κ1) is 30.4. The second-order valence-corrected chi connectivity index (χ2v) is 12.3. The smallest absolute Gasteiger partial charge is 0.276 e. The zero-order valence-corrected chi connectivity index (χ0v) is 24.3. The lowest BCUT2D eigenvalue weighted by atomic mass is 9.79. The monoisotopic (exact) mass is 621 g/mol. The minimum absolute atomic E-state index is 0.00722. The highest BCUT2D eigenvalue weighted by molar-refractivity contribution is 5.93. The van der Waals surface area contributed by atoms with Gasteiger partial charge in [0, 0.05) is 50.2 Å². The number of imidazole rings is 1. The van der Waals surface area contributed by atoms with Gasteiger partial charge in [0.1, 0.15) is 5.69 Å². The van der Waals surface area contributed by atoms with Crippen LogP contribution in [0.2, 0.25) is 0 Å². The van der Waals surface area contributed by atoms with Crippen molar-refractivity contribution in [3.05, 3.63) is 41.1 Å². The van der Waals surface area contributed by atoms with Gasteiger partial charge in [-0.15, -0.1) is 0 Å². The van der Waals surface area contributed by atoms with Crippen LogP contribution in [-0.2, 0) is 9.53 Å². The molecule has 0 aliphatic heterocycles. The first-order valence-electron chi connectivity index (χ1n) is 15.1. The third kappa shape index (κ3) is 6.87. The van der Waals surface area contributed by atoms with Gasteiger partial charge >= 0.3 is 0 Å². The maximum absolute atomic E-state index is 14.1. The van der Waals surface area contributed by atoms with Gasteiger partial charge in [-0.3, -0.25) is 9.59 Å². The van der Waals surface area contributed by atoms with Gasteiger partial charge in [0.25, 0.3) is 5.91 Å². The van der Waals surface area contributed by atoms with E-state index in [1.165, 1.54) is 4.52 Å². The number of hydrogen-bond acceptors (Lipinski definition) is 8. The molecule has 238 valence electrons. The van der Waals surface area contributed by atoms with E-state index in [9.17, 15) is 27.2 Å². The molecule has 11 nitrogen and oxygen atoms in total. The Bertz CT molecular complexity index is 1490. The first-order chi connectivity index (χ1) is 21.0. The van der Waals surface area contributed by atoms with Crippen LogP contribution in [0, 0.1) is 11.8 Å². The molecule has 2 N–H and O–H groups in total. The molecule has 3 aromatic rings. The second-order valence-electron chi connectivity index (χ2n) is 12.3. The predicted molar refractivity (Wildman–Crippen MR) is 146 cm³/mol. The van der Waals surface area contributed by atoms with Crippen molar-refractivity contribution in [2.75, 3.05) is 13.2 Å². The van der Waals surface area contributed by atoms with Crippen LogP contribution < -0.4 is 10.6 Å². The maximum Gasteiger partial charge on any atom is 0.276 e. The van der Waals surface area contributed by atoms with Gasteiger partial charge in [0.15, 0.2) is 11.3 Å². The number of carbonyl (C=O) groups is 2. The van der Waals surface area contributed by atoms with Crippen molar-refractivity contribution in [2.24, 2.45) is 11.8 Å². The summed E-state index contributed by atoms with van der Waals surface area (Å²) in [5.41, 5.74) is 2.03. The maximum atomic E-state index is 14.1. The second kappa shape index (κ2) is 12.1. The highest BCUT2D eigenvalue weighted by atomic mass is 19.3. The summed E-state index contributed by atoms with van der Waals surface area (Å²) in [5, 5.41) is 18.0. The van der Waals surface area contributed by atoms with E-state index in [1.54, 1.807) is 18.5 Å². The number of halogens is 4. The average molecular weight is 622 g/mol. The van der Waals surface area contributed by atoms with Crippen LogP contribution in [0.1, 0.15) is 110 Å². The topological polar surface area (TPSA) is 137 Å². The lowest BCUT2D eigenvalue weighted by molar-refractivity contribution is -0.134. The van der Waals surface area contributed by atoms with Crippen molar-refractivity contribution in [3.63, 3.8) is 0 Å². The number of amides is 2. The zero-order chi connectivity index (χ0) is 31.1. The number of rotatable bonds is 12. The van der Waals surface area contributed by atoms with Crippen LogP contribution in [-0.4, -0.2) is 61.8 Å². The third-order valence-electron chi connectivity index (χ3n) is 8.77. The van der Waals surface area contributed by atoms with Gasteiger partial charge in [0.2, 0.25) is 17.8 Å². The molecular weight excluding hydrogens is 586 g/mol. The summed E-state index contributed by atoms with van der Waals surface area (Å²) in [6.07, 6.45) is 4.15. The fraction of sp³-hybridized carbons (Fsp3) is 0.655. The number of hydrogen-bond donors (Lipinski definition) is 2. The van der Waals surface area contributed by atoms with Gasteiger partial charge in [0.05, 0.1) is 36.8 Å². The van der Waals surface area contributed by atoms with Crippen LogP contribution in [0.5, 0.6) is 0 Å². The molecule has 1 unspecified atom stereocenters. The Labute approximate surface area is 250 Å². The van der Waals surface area contributed by atoms with E-state index >= 15 is 0 Å². The van der Waals surface area contributed by atoms with E-state index < -0.39 is 29.8 Å². The summed E-state index contributed by atoms with van der Waals surface area (Å²) >= 11 is 0. The lowest BCUT2D eigenvalue weighted by Gasteiger charge is -2.34. The summed E-state index contributed by atoms with van der Waals surface area (Å²) in [5.74, 6) is -6.89. The largest absolute Gasteiger partial charge is 0.379 e. The van der Waals surface area contributed by atoms with Crippen LogP contribution in [0.3, 0.4) is 0 Å². The molecule has 3 aliphatic rings. The van der Waals surface area contributed by atoms with Crippen molar-refractivity contribution in [1.82, 2.24) is 35.5 Å². The van der Waals surface area contributed by atoms with Crippen molar-refractivity contribution in [2.45, 2.75) is 94.6 Å². The molecule has 3 aromatic heterocycles. The van der Waals surface area contributed by atoms with Gasteiger partial charge in [-0.05, 0) is 55.7 Å². The van der Waals surface area contributed by atoms with E-state index in [-0.39, 0.29) is 80.9 Å². The highest BCUT2D eigenvalue weighted by Crippen LogP contribution is 2.44. The van der Waals surface area contributed by atoms with Gasteiger partial charge in [-0.25, -0.2) is 31.7 Å². The van der Waals surface area contributed by atoms with Crippen LogP contribution >= 0.6 is 0 Å². The quantitative estimate of drug-likeness (QED) is 0.272. The molecule has 0 bridgehead atoms. The number of carbonyl (C=O) groups excluding carboxylic acids is 2. The molecule has 3 heterocycles. The SMILES string of the molecule is CCOCC(NC(=O)CC1CC(F)(F)C1)c1cnn2cc([C@@H](NC(=O)c3nonc3C3CC3)C3CCC(F)(F)CC3)nc2c1. The summed E-state index contributed by atoms with van der Waals surface area (Å²) in [7, 11) is 0. The Morgan fingerprint density at radius 2 is 1.84 bits per heavy atom. The Balaban J connectivity index is 1.23. The molecule has 3 aliphatic carbocycles. The molecule has 15 heteroatoms. The fourth-order valence-electron chi connectivity index (χ4n) is 6.17. The Morgan fingerprint density at radius 3 is 2.52 bits per heavy atom. The molecular formula is C29H35F4N7O4. The van der Waals surface area contributed by atoms with E-state index in [1.807, 2.05) is 6.92 Å². The molecule has 2 atom stereocenters. The number of aromatic nitrogens is 5. The lowest BCUT2D eigenvalue weighted by Crippen LogP contribution is -2.40. The van der Waals surface area contributed by atoms with E-state index in [2.05, 4.69) is 26.0 Å². The van der Waals surface area contributed by atoms with E-state index in [0.717, 1.165) is 12.8 Å². The minimum atomic E-state index is -2.75. The predicted octanol–water partition coefficient (Wildman–Crippen LogP) is 4.92. The Morgan fingerprint density at radius 1 is 1.09 bits per heavy atom. The van der Waals surface area contributed by atoms with Gasteiger partial charge < -0.3 is 15.4 Å². The van der Waals surface area contributed by atoms with Gasteiger partial charge in [-0.1, -0.05) is 5.16 Å². The average Bonchev–Trinajstić information content (AvgIpc) is 3.52. The number of ether oxygens (including phenoxy) is 1. The van der Waals surface area contributed by atoms with Crippen molar-refractivity contribution in [1.29, 1.82) is 0 Å². The molecule has 2 amide bonds. The molecule has 0 saturated heterocycles. The Kier molecular flexibility index (Phi) is 8.33. The summed E-state index contributed by atoms with van der Waals surface area (Å²) < 4.78 is 66.5. The fourth-order valence-corrected chi connectivity index (χ4v) is 6.17. The van der Waals surface area contributed by atoms with E-state index in [0.29, 0.717) is 29.2 Å². The van der Waals surface area contributed by atoms with Crippen molar-refractivity contribution in [3.8, 4) is 0 Å². The minimum Gasteiger partial charge on any atom is -0.379 e. The third-order valence-corrected chi connectivity index (χ3v) is 8.77. The zero-order valence-electron chi connectivity index (χ0n) is 24.3. The molecule has 3 saturated carbocycles. The Hall–Kier alpha value is -3.62. The molecule has 0 radical (unpaired) electrons. The number of nitrogens with zero attached hydrogens (tertiary/aromatic N) is 5. The van der Waals surface area contributed by atoms with Crippen molar-refractivity contribution < 1.29 is 36.5 Å². The normalized spacial score (nSPS) is 21.5. The van der Waals surface area contributed by atoms with Crippen molar-refractivity contribution >= 4 is 17.5 Å². The van der Waals surface area contributed by atoms with Crippen LogP contribution in [0.25, 0.3) is 5.65 Å². The first-order valence-corrected chi connectivity index (χ1v) is 15.1. The molecule has 44 heavy (non-hydrogen) atoms. The summed E-state index contributed by atoms with van der Waals surface area (Å²) in [6.45, 7) is 2.35.